The molecule has 1 rings (SSSR count). The van der Waals surface area contributed by atoms with E-state index in [9.17, 15) is 0 Å². The summed E-state index contributed by atoms with van der Waals surface area (Å²) >= 11 is 0. The number of nitrogens with zero attached hydrogens (tertiary/aromatic N) is 2. The second kappa shape index (κ2) is 4.63. The molecule has 1 fully saturated rings. The maximum atomic E-state index is 2.52. The molecule has 0 bridgehead atoms. The van der Waals surface area contributed by atoms with Crippen LogP contribution in [0.5, 0.6) is 0 Å². The quantitative estimate of drug-likeness (QED) is 0.572. The number of piperazine rings is 1. The summed E-state index contributed by atoms with van der Waals surface area (Å²) in [6.45, 7) is 10.4. The molecular weight excluding hydrogens is 148 g/mol. The molecule has 1 heterocycles. The molecule has 70 valence electrons. The Kier molecular flexibility index (Phi) is 3.76. The highest BCUT2D eigenvalue weighted by atomic mass is 15.2. The van der Waals surface area contributed by atoms with Crippen molar-refractivity contribution in [3.05, 3.63) is 11.6 Å². The van der Waals surface area contributed by atoms with Crippen molar-refractivity contribution in [3.63, 3.8) is 0 Å². The molecule has 0 saturated carbocycles. The van der Waals surface area contributed by atoms with Crippen molar-refractivity contribution >= 4 is 0 Å². The van der Waals surface area contributed by atoms with Gasteiger partial charge in [-0.25, -0.2) is 0 Å². The second-order valence-electron chi connectivity index (χ2n) is 3.71. The van der Waals surface area contributed by atoms with Crippen LogP contribution < -0.4 is 0 Å². The monoisotopic (exact) mass is 168 g/mol. The van der Waals surface area contributed by atoms with Crippen LogP contribution in [0.1, 0.15) is 13.8 Å². The lowest BCUT2D eigenvalue weighted by molar-refractivity contribution is 0.164. The van der Waals surface area contributed by atoms with Gasteiger partial charge in [-0.2, -0.15) is 0 Å². The first-order chi connectivity index (χ1) is 5.72. The first kappa shape index (κ1) is 9.75. The molecule has 0 amide bonds. The lowest BCUT2D eigenvalue weighted by atomic mass is 10.2. The summed E-state index contributed by atoms with van der Waals surface area (Å²) in [5, 5.41) is 0. The first-order valence-electron chi connectivity index (χ1n) is 4.75. The van der Waals surface area contributed by atoms with Crippen molar-refractivity contribution in [2.75, 3.05) is 39.8 Å². The Morgan fingerprint density at radius 3 is 2.33 bits per heavy atom. The van der Waals surface area contributed by atoms with E-state index in [0.29, 0.717) is 0 Å². The second-order valence-corrected chi connectivity index (χ2v) is 3.71. The molecule has 0 aromatic heterocycles. The van der Waals surface area contributed by atoms with Gasteiger partial charge in [0.05, 0.1) is 0 Å². The molecule has 1 aliphatic rings. The molecule has 2 nitrogen and oxygen atoms in total. The van der Waals surface area contributed by atoms with Crippen LogP contribution in [0.15, 0.2) is 11.6 Å². The van der Waals surface area contributed by atoms with Gasteiger partial charge in [0.15, 0.2) is 0 Å². The summed E-state index contributed by atoms with van der Waals surface area (Å²) in [6.07, 6.45) is 2.21. The fraction of sp³-hybridized carbons (Fsp3) is 0.800. The van der Waals surface area contributed by atoms with E-state index in [4.69, 9.17) is 0 Å². The minimum Gasteiger partial charge on any atom is -0.304 e. The third kappa shape index (κ3) is 2.95. The highest BCUT2D eigenvalue weighted by molar-refractivity contribution is 4.98. The van der Waals surface area contributed by atoms with Crippen LogP contribution in [0.25, 0.3) is 0 Å². The van der Waals surface area contributed by atoms with Gasteiger partial charge < -0.3 is 4.90 Å². The topological polar surface area (TPSA) is 6.48 Å². The predicted octanol–water partition coefficient (Wildman–Crippen LogP) is 1.20. The van der Waals surface area contributed by atoms with E-state index in [1.165, 1.54) is 31.8 Å². The lowest BCUT2D eigenvalue weighted by Gasteiger charge is -2.32. The van der Waals surface area contributed by atoms with E-state index in [-0.39, 0.29) is 0 Å². The summed E-state index contributed by atoms with van der Waals surface area (Å²) in [5.74, 6) is 0. The Morgan fingerprint density at radius 2 is 1.83 bits per heavy atom. The molecule has 2 heteroatoms. The van der Waals surface area contributed by atoms with Gasteiger partial charge in [0, 0.05) is 32.7 Å². The SMILES string of the molecule is C/C=C(\C)CN1CCN(C)CC1. The molecule has 0 N–H and O–H groups in total. The van der Waals surface area contributed by atoms with Gasteiger partial charge in [-0.1, -0.05) is 11.6 Å². The zero-order valence-electron chi connectivity index (χ0n) is 8.51. The van der Waals surface area contributed by atoms with Gasteiger partial charge in [0.25, 0.3) is 0 Å². The number of rotatable bonds is 2. The van der Waals surface area contributed by atoms with Crippen LogP contribution in [0, 0.1) is 0 Å². The van der Waals surface area contributed by atoms with Crippen LogP contribution in [0.4, 0.5) is 0 Å². The van der Waals surface area contributed by atoms with Gasteiger partial charge in [-0.05, 0) is 20.9 Å². The van der Waals surface area contributed by atoms with Gasteiger partial charge in [-0.3, -0.25) is 4.90 Å². The maximum absolute atomic E-state index is 2.52. The van der Waals surface area contributed by atoms with Gasteiger partial charge in [0.2, 0.25) is 0 Å². The summed E-state index contributed by atoms with van der Waals surface area (Å²) in [7, 11) is 2.19. The van der Waals surface area contributed by atoms with Crippen LogP contribution in [-0.2, 0) is 0 Å². The van der Waals surface area contributed by atoms with Crippen molar-refractivity contribution in [3.8, 4) is 0 Å². The Bertz CT molecular complexity index is 155. The zero-order chi connectivity index (χ0) is 8.97. The molecule has 0 atom stereocenters. The number of hydrogen-bond donors (Lipinski definition) is 0. The minimum absolute atomic E-state index is 1.16. The van der Waals surface area contributed by atoms with Gasteiger partial charge in [-0.15, -0.1) is 0 Å². The first-order valence-corrected chi connectivity index (χ1v) is 4.75. The van der Waals surface area contributed by atoms with E-state index in [0.717, 1.165) is 6.54 Å². The predicted molar refractivity (Wildman–Crippen MR) is 53.4 cm³/mol. The van der Waals surface area contributed by atoms with E-state index >= 15 is 0 Å². The largest absolute Gasteiger partial charge is 0.304 e. The number of allylic oxidation sites excluding steroid dienone is 1. The Labute approximate surface area is 75.8 Å². The van der Waals surface area contributed by atoms with Crippen molar-refractivity contribution in [2.24, 2.45) is 0 Å². The van der Waals surface area contributed by atoms with Crippen molar-refractivity contribution in [1.29, 1.82) is 0 Å². The van der Waals surface area contributed by atoms with E-state index < -0.39 is 0 Å². The van der Waals surface area contributed by atoms with Crippen molar-refractivity contribution < 1.29 is 0 Å². The van der Waals surface area contributed by atoms with E-state index in [1.807, 2.05) is 0 Å². The molecule has 0 aromatic rings. The molecule has 0 unspecified atom stereocenters. The number of hydrogen-bond acceptors (Lipinski definition) is 2. The maximum Gasteiger partial charge on any atom is 0.0191 e. The van der Waals surface area contributed by atoms with Crippen LogP contribution in [0.2, 0.25) is 0 Å². The molecule has 1 aliphatic heterocycles. The van der Waals surface area contributed by atoms with Crippen LogP contribution >= 0.6 is 0 Å². The molecule has 0 spiro atoms. The Morgan fingerprint density at radius 1 is 1.25 bits per heavy atom. The normalized spacial score (nSPS) is 23.1. The molecule has 0 aromatic carbocycles. The zero-order valence-corrected chi connectivity index (χ0v) is 8.51. The highest BCUT2D eigenvalue weighted by Crippen LogP contribution is 2.02. The van der Waals surface area contributed by atoms with E-state index in [2.05, 4.69) is 36.8 Å². The Hall–Kier alpha value is -0.340. The molecule has 0 radical (unpaired) electrons. The molecule has 1 saturated heterocycles. The molecular formula is C10H20N2. The standard InChI is InChI=1S/C10H20N2/c1-4-10(2)9-12-7-5-11(3)6-8-12/h4H,5-9H2,1-3H3/b10-4+. The summed E-state index contributed by atoms with van der Waals surface area (Å²) in [4.78, 5) is 4.91. The Balaban J connectivity index is 2.26. The average molecular weight is 168 g/mol. The van der Waals surface area contributed by atoms with E-state index in [1.54, 1.807) is 0 Å². The van der Waals surface area contributed by atoms with Crippen LogP contribution in [-0.4, -0.2) is 49.6 Å². The summed E-state index contributed by atoms with van der Waals surface area (Å²) in [6, 6.07) is 0. The van der Waals surface area contributed by atoms with Crippen molar-refractivity contribution in [1.82, 2.24) is 9.80 Å². The van der Waals surface area contributed by atoms with Gasteiger partial charge in [0.1, 0.15) is 0 Å². The van der Waals surface area contributed by atoms with Gasteiger partial charge >= 0.3 is 0 Å². The highest BCUT2D eigenvalue weighted by Gasteiger charge is 2.12. The fourth-order valence-electron chi connectivity index (χ4n) is 1.45. The van der Waals surface area contributed by atoms with Crippen LogP contribution in [0.3, 0.4) is 0 Å². The average Bonchev–Trinajstić information content (AvgIpc) is 2.09. The fourth-order valence-corrected chi connectivity index (χ4v) is 1.45. The molecule has 0 aliphatic carbocycles. The third-order valence-corrected chi connectivity index (χ3v) is 2.56. The summed E-state index contributed by atoms with van der Waals surface area (Å²) < 4.78 is 0. The minimum atomic E-state index is 1.16. The van der Waals surface area contributed by atoms with Crippen molar-refractivity contribution in [2.45, 2.75) is 13.8 Å². The smallest absolute Gasteiger partial charge is 0.0191 e. The molecule has 12 heavy (non-hydrogen) atoms. The number of likely N-dealkylation sites (N-methyl/N-ethyl adjacent to an activating group) is 1. The lowest BCUT2D eigenvalue weighted by Crippen LogP contribution is -2.44. The third-order valence-electron chi connectivity index (χ3n) is 2.56. The summed E-state index contributed by atoms with van der Waals surface area (Å²) in [5.41, 5.74) is 1.49.